The van der Waals surface area contributed by atoms with E-state index in [2.05, 4.69) is 54.6 Å². The van der Waals surface area contributed by atoms with E-state index in [4.69, 9.17) is 4.74 Å². The lowest BCUT2D eigenvalue weighted by Gasteiger charge is -2.28. The maximum absolute atomic E-state index is 5.28. The highest BCUT2D eigenvalue weighted by Crippen LogP contribution is 2.32. The lowest BCUT2D eigenvalue weighted by Crippen LogP contribution is -2.25. The fourth-order valence-corrected chi connectivity index (χ4v) is 2.15. The van der Waals surface area contributed by atoms with Crippen LogP contribution in [0.4, 0.5) is 0 Å². The summed E-state index contributed by atoms with van der Waals surface area (Å²) in [7, 11) is 0. The van der Waals surface area contributed by atoms with Crippen LogP contribution in [-0.4, -0.2) is 13.2 Å². The Morgan fingerprint density at radius 2 is 1.50 bits per heavy atom. The Balaban J connectivity index is 2.06. The van der Waals surface area contributed by atoms with E-state index in [9.17, 15) is 0 Å². The first-order valence-corrected chi connectivity index (χ1v) is 5.67. The van der Waals surface area contributed by atoms with Crippen LogP contribution < -0.4 is 0 Å². The minimum atomic E-state index is 0.580. The molecule has 1 saturated heterocycles. The maximum Gasteiger partial charge on any atom is 0.0557 e. The number of hydrogen-bond acceptors (Lipinski definition) is 1. The van der Waals surface area contributed by atoms with Crippen molar-refractivity contribution in [1.29, 1.82) is 0 Å². The molecule has 1 fully saturated rings. The van der Waals surface area contributed by atoms with Crippen LogP contribution in [0, 0.1) is 0 Å². The molecular formula is C15H14O. The summed E-state index contributed by atoms with van der Waals surface area (Å²) < 4.78 is 5.28. The minimum absolute atomic E-state index is 0.580. The first-order valence-electron chi connectivity index (χ1n) is 5.67. The molecule has 1 aliphatic rings. The van der Waals surface area contributed by atoms with Crippen molar-refractivity contribution in [2.24, 2.45) is 0 Å². The van der Waals surface area contributed by atoms with Crippen molar-refractivity contribution in [3.05, 3.63) is 60.2 Å². The third-order valence-corrected chi connectivity index (χ3v) is 3.12. The quantitative estimate of drug-likeness (QED) is 0.737. The molecule has 0 aromatic heterocycles. The number of rotatable bonds is 2. The highest BCUT2D eigenvalue weighted by molar-refractivity contribution is 5.68. The number of ether oxygens (including phenoxy) is 1. The van der Waals surface area contributed by atoms with Gasteiger partial charge in [-0.15, -0.1) is 0 Å². The standard InChI is InChI=1S/C15H14O/c1-2-6-12(7-3-1)14-8-4-5-9-15(14)13-10-16-11-13/h1-9,13H,10-11H2. The van der Waals surface area contributed by atoms with Gasteiger partial charge in [0.15, 0.2) is 0 Å². The Morgan fingerprint density at radius 3 is 2.19 bits per heavy atom. The van der Waals surface area contributed by atoms with Gasteiger partial charge >= 0.3 is 0 Å². The number of hydrogen-bond donors (Lipinski definition) is 0. The molecule has 0 spiro atoms. The molecule has 0 unspecified atom stereocenters. The monoisotopic (exact) mass is 210 g/mol. The van der Waals surface area contributed by atoms with E-state index in [1.54, 1.807) is 0 Å². The molecule has 0 saturated carbocycles. The van der Waals surface area contributed by atoms with Gasteiger partial charge in [-0.25, -0.2) is 0 Å². The SMILES string of the molecule is c1ccc(-c2ccccc2C2COC2)cc1. The predicted octanol–water partition coefficient (Wildman–Crippen LogP) is 3.47. The molecule has 2 aromatic carbocycles. The van der Waals surface area contributed by atoms with Crippen molar-refractivity contribution in [1.82, 2.24) is 0 Å². The predicted molar refractivity (Wildman–Crippen MR) is 65.4 cm³/mol. The van der Waals surface area contributed by atoms with Crippen LogP contribution in [0.3, 0.4) is 0 Å². The van der Waals surface area contributed by atoms with Gasteiger partial charge in [0.25, 0.3) is 0 Å². The Morgan fingerprint density at radius 1 is 0.812 bits per heavy atom. The molecule has 0 N–H and O–H groups in total. The van der Waals surface area contributed by atoms with Crippen molar-refractivity contribution in [2.75, 3.05) is 13.2 Å². The summed E-state index contributed by atoms with van der Waals surface area (Å²) in [4.78, 5) is 0. The third kappa shape index (κ3) is 1.63. The minimum Gasteiger partial charge on any atom is -0.380 e. The molecular weight excluding hydrogens is 196 g/mol. The van der Waals surface area contributed by atoms with E-state index in [0.29, 0.717) is 5.92 Å². The van der Waals surface area contributed by atoms with Crippen LogP contribution in [0.2, 0.25) is 0 Å². The van der Waals surface area contributed by atoms with Crippen molar-refractivity contribution < 1.29 is 4.74 Å². The van der Waals surface area contributed by atoms with Crippen LogP contribution in [0.25, 0.3) is 11.1 Å². The van der Waals surface area contributed by atoms with Crippen molar-refractivity contribution in [2.45, 2.75) is 5.92 Å². The molecule has 80 valence electrons. The van der Waals surface area contributed by atoms with E-state index < -0.39 is 0 Å². The Kier molecular flexibility index (Phi) is 2.47. The molecule has 16 heavy (non-hydrogen) atoms. The summed E-state index contributed by atoms with van der Waals surface area (Å²) in [5.74, 6) is 0.580. The van der Waals surface area contributed by atoms with Gasteiger partial charge in [0.1, 0.15) is 0 Å². The van der Waals surface area contributed by atoms with Crippen molar-refractivity contribution in [3.63, 3.8) is 0 Å². The third-order valence-electron chi connectivity index (χ3n) is 3.12. The van der Waals surface area contributed by atoms with E-state index in [-0.39, 0.29) is 0 Å². The van der Waals surface area contributed by atoms with Crippen LogP contribution in [0.1, 0.15) is 11.5 Å². The summed E-state index contributed by atoms with van der Waals surface area (Å²) in [6.07, 6.45) is 0. The molecule has 0 radical (unpaired) electrons. The van der Waals surface area contributed by atoms with Gasteiger partial charge in [0.2, 0.25) is 0 Å². The molecule has 0 bridgehead atoms. The normalized spacial score (nSPS) is 15.8. The molecule has 1 heterocycles. The second-order valence-corrected chi connectivity index (χ2v) is 4.19. The highest BCUT2D eigenvalue weighted by Gasteiger charge is 2.22. The maximum atomic E-state index is 5.28. The molecule has 1 aliphatic heterocycles. The number of benzene rings is 2. The zero-order valence-electron chi connectivity index (χ0n) is 9.10. The van der Waals surface area contributed by atoms with E-state index in [0.717, 1.165) is 13.2 Å². The average Bonchev–Trinajstić information content (AvgIpc) is 2.29. The largest absolute Gasteiger partial charge is 0.380 e. The summed E-state index contributed by atoms with van der Waals surface area (Å²) >= 11 is 0. The van der Waals surface area contributed by atoms with Gasteiger partial charge in [-0.2, -0.15) is 0 Å². The van der Waals surface area contributed by atoms with E-state index in [1.807, 2.05) is 0 Å². The van der Waals surface area contributed by atoms with E-state index in [1.165, 1.54) is 16.7 Å². The lowest BCUT2D eigenvalue weighted by molar-refractivity contribution is 0.00864. The summed E-state index contributed by atoms with van der Waals surface area (Å²) in [5, 5.41) is 0. The van der Waals surface area contributed by atoms with Gasteiger partial charge in [-0.3, -0.25) is 0 Å². The van der Waals surface area contributed by atoms with Crippen molar-refractivity contribution in [3.8, 4) is 11.1 Å². The molecule has 3 rings (SSSR count). The van der Waals surface area contributed by atoms with Gasteiger partial charge in [-0.05, 0) is 16.7 Å². The fourth-order valence-electron chi connectivity index (χ4n) is 2.15. The Bertz CT molecular complexity index is 472. The zero-order chi connectivity index (χ0) is 10.8. The van der Waals surface area contributed by atoms with Crippen LogP contribution >= 0.6 is 0 Å². The fraction of sp³-hybridized carbons (Fsp3) is 0.200. The molecule has 0 aliphatic carbocycles. The Hall–Kier alpha value is -1.60. The first kappa shape index (κ1) is 9.61. The first-order chi connectivity index (χ1) is 7.95. The molecule has 0 atom stereocenters. The summed E-state index contributed by atoms with van der Waals surface area (Å²) in [6, 6.07) is 19.2. The summed E-state index contributed by atoms with van der Waals surface area (Å²) in [6.45, 7) is 1.73. The van der Waals surface area contributed by atoms with Crippen molar-refractivity contribution >= 4 is 0 Å². The van der Waals surface area contributed by atoms with Gasteiger partial charge < -0.3 is 4.74 Å². The highest BCUT2D eigenvalue weighted by atomic mass is 16.5. The van der Waals surface area contributed by atoms with Gasteiger partial charge in [-0.1, -0.05) is 54.6 Å². The second-order valence-electron chi connectivity index (χ2n) is 4.19. The lowest BCUT2D eigenvalue weighted by atomic mass is 9.89. The Labute approximate surface area is 95.7 Å². The molecule has 2 aromatic rings. The van der Waals surface area contributed by atoms with Crippen LogP contribution in [0.5, 0.6) is 0 Å². The van der Waals surface area contributed by atoms with Crippen LogP contribution in [-0.2, 0) is 4.74 Å². The molecule has 1 heteroatoms. The smallest absolute Gasteiger partial charge is 0.0557 e. The zero-order valence-corrected chi connectivity index (χ0v) is 9.10. The molecule has 0 amide bonds. The van der Waals surface area contributed by atoms with Gasteiger partial charge in [0.05, 0.1) is 13.2 Å². The second kappa shape index (κ2) is 4.11. The van der Waals surface area contributed by atoms with Gasteiger partial charge in [0, 0.05) is 5.92 Å². The summed E-state index contributed by atoms with van der Waals surface area (Å²) in [5.41, 5.74) is 4.06. The van der Waals surface area contributed by atoms with Crippen LogP contribution in [0.15, 0.2) is 54.6 Å². The average molecular weight is 210 g/mol. The molecule has 1 nitrogen and oxygen atoms in total. The van der Waals surface area contributed by atoms with E-state index >= 15 is 0 Å². The topological polar surface area (TPSA) is 9.23 Å².